The van der Waals surface area contributed by atoms with Crippen LogP contribution < -0.4 is 5.63 Å². The summed E-state index contributed by atoms with van der Waals surface area (Å²) in [5, 5.41) is 0. The summed E-state index contributed by atoms with van der Waals surface area (Å²) in [5.74, 6) is 6.86. The molecule has 0 spiro atoms. The van der Waals surface area contributed by atoms with E-state index in [4.69, 9.17) is 18.5 Å². The van der Waals surface area contributed by atoms with E-state index < -0.39 is 21.1 Å². The van der Waals surface area contributed by atoms with Gasteiger partial charge in [-0.2, -0.15) is 0 Å². The molecule has 29 heavy (non-hydrogen) atoms. The quantitative estimate of drug-likeness (QED) is 0.514. The van der Waals surface area contributed by atoms with Crippen LogP contribution in [0, 0.1) is 24.7 Å². The summed E-state index contributed by atoms with van der Waals surface area (Å²) >= 11 is -3.95. The molecule has 3 heteroatoms. The minimum absolute atomic E-state index is 0.778. The van der Waals surface area contributed by atoms with E-state index in [1.165, 1.54) is 6.56 Å². The van der Waals surface area contributed by atoms with Crippen LogP contribution in [-0.2, 0) is 21.1 Å². The van der Waals surface area contributed by atoms with Crippen LogP contribution in [0.25, 0.3) is 0 Å². The second-order valence-corrected chi connectivity index (χ2v) is 14.0. The van der Waals surface area contributed by atoms with Gasteiger partial charge in [0.2, 0.25) is 0 Å². The Morgan fingerprint density at radius 2 is 1.07 bits per heavy atom. The number of benzene rings is 2. The van der Waals surface area contributed by atoms with Crippen LogP contribution in [0.2, 0.25) is 0 Å². The van der Waals surface area contributed by atoms with Gasteiger partial charge in [-0.3, -0.25) is 0 Å². The summed E-state index contributed by atoms with van der Waals surface area (Å²) in [6.45, 7) is 0. The standard InChI is InChI=1S/2C8H6O.2C5H5.Zr/c2*1-2-7-3-5-8(9)6-4-7;2*1-2-4-5-3-1;/h2*1,3-6,9H;2*1-3H,4H2;/q;;;;+2/p-2. The summed E-state index contributed by atoms with van der Waals surface area (Å²) in [4.78, 5) is 0. The van der Waals surface area contributed by atoms with Crippen molar-refractivity contribution in [3.05, 3.63) is 103 Å². The first-order valence-corrected chi connectivity index (χ1v) is 13.9. The molecule has 2 aromatic carbocycles. The van der Waals surface area contributed by atoms with E-state index in [1.54, 1.807) is 0 Å². The number of hydrogen-bond donors (Lipinski definition) is 0. The molecule has 2 aromatic rings. The number of terminal acetylenes is 2. The van der Waals surface area contributed by atoms with Gasteiger partial charge < -0.3 is 0 Å². The van der Waals surface area contributed by atoms with Gasteiger partial charge in [0, 0.05) is 0 Å². The summed E-state index contributed by atoms with van der Waals surface area (Å²) in [5.41, 5.74) is 1.65. The Kier molecular flexibility index (Phi) is 5.71. The zero-order chi connectivity index (χ0) is 20.1. The molecule has 0 aromatic heterocycles. The Bertz CT molecular complexity index is 1010. The van der Waals surface area contributed by atoms with Crippen LogP contribution in [0.1, 0.15) is 24.0 Å². The maximum atomic E-state index is 6.79. The first-order chi connectivity index (χ1) is 14.2. The molecule has 140 valence electrons. The molecule has 0 radical (unpaired) electrons. The normalized spacial score (nSPS) is 14.7. The predicted octanol–water partition coefficient (Wildman–Crippen LogP) is 5.78. The molecule has 0 saturated heterocycles. The number of rotatable bonds is 6. The molecule has 2 aliphatic rings. The van der Waals surface area contributed by atoms with Crippen molar-refractivity contribution in [3.8, 4) is 36.2 Å². The van der Waals surface area contributed by atoms with Crippen LogP contribution >= 0.6 is 0 Å². The molecule has 0 unspecified atom stereocenters. The molecule has 0 aliphatic heterocycles. The van der Waals surface area contributed by atoms with Gasteiger partial charge in [-0.25, -0.2) is 0 Å². The van der Waals surface area contributed by atoms with Crippen LogP contribution in [0.5, 0.6) is 11.5 Å². The van der Waals surface area contributed by atoms with Crippen LogP contribution in [-0.4, -0.2) is 0 Å². The number of hydrogen-bond acceptors (Lipinski definition) is 2. The Labute approximate surface area is 177 Å². The van der Waals surface area contributed by atoms with Crippen LogP contribution in [0.3, 0.4) is 0 Å². The van der Waals surface area contributed by atoms with Crippen molar-refractivity contribution in [1.82, 2.24) is 0 Å². The average molecular weight is 456 g/mol. The molecule has 4 rings (SSSR count). The molecule has 0 N–H and O–H groups in total. The molecule has 2 aliphatic carbocycles. The van der Waals surface area contributed by atoms with Crippen LogP contribution in [0.4, 0.5) is 0 Å². The maximum absolute atomic E-state index is 6.79. The van der Waals surface area contributed by atoms with Crippen LogP contribution in [0.15, 0.2) is 91.5 Å². The Morgan fingerprint density at radius 1 is 0.655 bits per heavy atom. The van der Waals surface area contributed by atoms with Gasteiger partial charge in [0.15, 0.2) is 0 Å². The molecular weight excluding hydrogens is 436 g/mol. The van der Waals surface area contributed by atoms with E-state index in [0.717, 1.165) is 35.5 Å². The van der Waals surface area contributed by atoms with E-state index in [0.29, 0.717) is 0 Å². The van der Waals surface area contributed by atoms with Gasteiger partial charge >= 0.3 is 178 Å². The van der Waals surface area contributed by atoms with Crippen molar-refractivity contribution in [2.24, 2.45) is 0 Å². The topological polar surface area (TPSA) is 18.5 Å². The first kappa shape index (κ1) is 19.3. The third-order valence-electron chi connectivity index (χ3n) is 4.95. The number of allylic oxidation sites excluding steroid dienone is 8. The van der Waals surface area contributed by atoms with Crippen molar-refractivity contribution in [1.29, 1.82) is 0 Å². The minimum atomic E-state index is -3.95. The molecule has 0 fully saturated rings. The van der Waals surface area contributed by atoms with Gasteiger partial charge in [-0.05, 0) is 0 Å². The molecule has 2 nitrogen and oxygen atoms in total. The third kappa shape index (κ3) is 4.07. The molecule has 0 atom stereocenters. The van der Waals surface area contributed by atoms with Gasteiger partial charge in [-0.15, -0.1) is 0 Å². The van der Waals surface area contributed by atoms with Gasteiger partial charge in [0.05, 0.1) is 0 Å². The van der Waals surface area contributed by atoms with Crippen molar-refractivity contribution >= 4 is 0 Å². The van der Waals surface area contributed by atoms with Gasteiger partial charge in [0.1, 0.15) is 0 Å². The Hall–Kier alpha value is -3.00. The Balaban J connectivity index is 1.76. The van der Waals surface area contributed by atoms with Gasteiger partial charge in [-0.1, -0.05) is 0 Å². The second-order valence-electron chi connectivity index (χ2n) is 6.81. The summed E-state index contributed by atoms with van der Waals surface area (Å²) in [6, 6.07) is 15.3. The fraction of sp³-hybridized carbons (Fsp3) is 0.0769. The molecule has 0 saturated carbocycles. The van der Waals surface area contributed by atoms with E-state index in [-0.39, 0.29) is 0 Å². The molecule has 0 bridgehead atoms. The second kappa shape index (κ2) is 8.57. The van der Waals surface area contributed by atoms with Crippen molar-refractivity contribution in [2.75, 3.05) is 0 Å². The predicted molar refractivity (Wildman–Crippen MR) is 114 cm³/mol. The fourth-order valence-electron chi connectivity index (χ4n) is 3.44. The Morgan fingerprint density at radius 3 is 1.38 bits per heavy atom. The summed E-state index contributed by atoms with van der Waals surface area (Å²) < 4.78 is 16.1. The summed E-state index contributed by atoms with van der Waals surface area (Å²) in [7, 11) is 0. The van der Waals surface area contributed by atoms with Crippen molar-refractivity contribution < 1.29 is 26.8 Å². The van der Waals surface area contributed by atoms with Crippen molar-refractivity contribution in [2.45, 2.75) is 12.8 Å². The van der Waals surface area contributed by atoms with E-state index in [1.807, 2.05) is 48.5 Å². The van der Waals surface area contributed by atoms with E-state index in [2.05, 4.69) is 48.3 Å². The van der Waals surface area contributed by atoms with Crippen molar-refractivity contribution in [3.63, 3.8) is 0 Å². The molecular formula is C26H20O2Zr. The van der Waals surface area contributed by atoms with E-state index in [9.17, 15) is 0 Å². The SMILES string of the molecule is C#Cc1ccc([O][Zr]([O]c2ccc(C#C)cc2)([C]2=CC=CC2)[C]2=CC=CC2)cc1. The first-order valence-electron chi connectivity index (χ1n) is 9.47. The average Bonchev–Trinajstić information content (AvgIpc) is 3.49. The monoisotopic (exact) mass is 454 g/mol. The molecule has 0 amide bonds. The molecule has 0 heterocycles. The summed E-state index contributed by atoms with van der Waals surface area (Å²) in [6.07, 6.45) is 25.5. The third-order valence-corrected chi connectivity index (χ3v) is 13.5. The fourth-order valence-corrected chi connectivity index (χ4v) is 11.6. The van der Waals surface area contributed by atoms with E-state index >= 15 is 0 Å². The van der Waals surface area contributed by atoms with Gasteiger partial charge in [0.25, 0.3) is 0 Å². The zero-order valence-electron chi connectivity index (χ0n) is 16.0. The zero-order valence-corrected chi connectivity index (χ0v) is 18.4.